The average molecular weight is 624 g/mol. The molecule has 1 heterocycles. The molecule has 4 aromatic carbocycles. The van der Waals surface area contributed by atoms with Crippen LogP contribution in [-0.2, 0) is 9.31 Å². The van der Waals surface area contributed by atoms with Gasteiger partial charge in [0.05, 0.1) is 11.2 Å². The molecule has 52 heavy (non-hydrogen) atoms. The van der Waals surface area contributed by atoms with E-state index >= 15 is 0 Å². The summed E-state index contributed by atoms with van der Waals surface area (Å²) in [5, 5.41) is 0. The molecule has 0 N–H and O–H groups in total. The molecule has 1 fully saturated rings. The molecule has 0 aliphatic carbocycles. The molecule has 36 radical (unpaired) electrons. The normalized spacial score (nSPS) is 14.9. The van der Waals surface area contributed by atoms with Gasteiger partial charge in [-0.05, 0) is 44.3 Å². The van der Waals surface area contributed by atoms with Crippen LogP contribution in [0.5, 0.6) is 0 Å². The molecule has 0 atom stereocenters. The van der Waals surface area contributed by atoms with Crippen LogP contribution in [0, 0.1) is 0 Å². The largest absolute Gasteiger partial charge is 0.493 e. The maximum absolute atomic E-state index is 6.82. The van der Waals surface area contributed by atoms with Crippen LogP contribution < -0.4 is 109 Å². The minimum absolute atomic E-state index is 0.0135. The maximum atomic E-state index is 6.82. The van der Waals surface area contributed by atoms with Gasteiger partial charge in [0.2, 0.25) is 0 Å². The Hall–Kier alpha value is -2.17. The smallest absolute Gasteiger partial charge is 0.399 e. The maximum Gasteiger partial charge on any atom is 0.493 e. The van der Waals surface area contributed by atoms with Gasteiger partial charge in [0, 0.05) is 17.1 Å². The van der Waals surface area contributed by atoms with E-state index in [2.05, 4.69) is 0 Å². The van der Waals surface area contributed by atoms with Crippen LogP contribution in [0.3, 0.4) is 0 Å². The fraction of sp³-hybridized carbons (Fsp3) is 0.200. The summed E-state index contributed by atoms with van der Waals surface area (Å²) in [6, 6.07) is 0. The third-order valence-corrected chi connectivity index (χ3v) is 10.1. The first-order valence-electron chi connectivity index (χ1n) is 15.5. The van der Waals surface area contributed by atoms with Crippen molar-refractivity contribution in [1.82, 2.24) is 0 Å². The lowest BCUT2D eigenvalue weighted by Gasteiger charge is -2.40. The Morgan fingerprint density at radius 2 is 0.538 bits per heavy atom. The highest BCUT2D eigenvalue weighted by Crippen LogP contribution is 2.36. The average Bonchev–Trinajstić information content (AvgIpc) is 3.29. The number of hydrogen-bond donors (Lipinski definition) is 0. The number of hydrogen-bond acceptors (Lipinski definition) is 3. The molecule has 0 unspecified atom stereocenters. The quantitative estimate of drug-likeness (QED) is 0.206. The van der Waals surface area contributed by atoms with Gasteiger partial charge in [0.15, 0.2) is 0 Å². The second-order valence-corrected chi connectivity index (χ2v) is 13.6. The van der Waals surface area contributed by atoms with Gasteiger partial charge in [-0.2, -0.15) is 0 Å². The van der Waals surface area contributed by atoms with E-state index in [0.717, 1.165) is 0 Å². The SMILES string of the molecule is [B]c1c([B])c([B])c(-c2c([B])c([B])c(N(c3c([B])c([B])c([B])c([B])c3[B])c3c([B])c([B])c(B4OC(C)(C)C(C)(C)O4)c([B])c3[B])c([B])c2[B])c([B])c1[B]. The zero-order chi connectivity index (χ0) is 39.4. The second-order valence-electron chi connectivity index (χ2n) is 13.6. The van der Waals surface area contributed by atoms with E-state index < -0.39 is 18.3 Å². The third-order valence-electron chi connectivity index (χ3n) is 10.1. The molecule has 206 valence electrons. The van der Waals surface area contributed by atoms with Gasteiger partial charge in [0.1, 0.15) is 141 Å². The molecule has 0 saturated carbocycles. The van der Waals surface area contributed by atoms with Crippen LogP contribution in [-0.4, -0.2) is 160 Å². The molecular formula is C30H12B19NO2. The third kappa shape index (κ3) is 5.95. The number of nitrogens with zero attached hydrogens (tertiary/aromatic N) is 1. The van der Waals surface area contributed by atoms with Gasteiger partial charge in [0.25, 0.3) is 0 Å². The lowest BCUT2D eigenvalue weighted by atomic mass is 9.56. The minimum Gasteiger partial charge on any atom is -0.399 e. The molecule has 4 aromatic rings. The number of anilines is 3. The summed E-state index contributed by atoms with van der Waals surface area (Å²) in [7, 11) is 116. The lowest BCUT2D eigenvalue weighted by molar-refractivity contribution is 0.00578. The van der Waals surface area contributed by atoms with Crippen LogP contribution in [0.1, 0.15) is 27.7 Å². The zero-order valence-corrected chi connectivity index (χ0v) is 29.2. The highest BCUT2D eigenvalue weighted by Gasteiger charge is 2.52. The summed E-state index contributed by atoms with van der Waals surface area (Å²) < 4.78 is 12.5. The van der Waals surface area contributed by atoms with Gasteiger partial charge in [-0.1, -0.05) is 54.6 Å². The molecule has 0 bridgehead atoms. The molecule has 0 aromatic heterocycles. The molecule has 0 spiro atoms. The summed E-state index contributed by atoms with van der Waals surface area (Å²) in [6.07, 6.45) is 0. The van der Waals surface area contributed by atoms with Crippen molar-refractivity contribution in [1.29, 1.82) is 0 Å². The predicted molar refractivity (Wildman–Crippen MR) is 239 cm³/mol. The van der Waals surface area contributed by atoms with Crippen molar-refractivity contribution in [2.75, 3.05) is 4.90 Å². The summed E-state index contributed by atoms with van der Waals surface area (Å²) in [5.74, 6) is 0. The van der Waals surface area contributed by atoms with Crippen LogP contribution in [0.25, 0.3) is 11.1 Å². The van der Waals surface area contributed by atoms with Crippen molar-refractivity contribution in [3.63, 3.8) is 0 Å². The van der Waals surface area contributed by atoms with E-state index in [0.29, 0.717) is 0 Å². The van der Waals surface area contributed by atoms with Crippen molar-refractivity contribution in [3.05, 3.63) is 0 Å². The van der Waals surface area contributed by atoms with E-state index in [1.54, 1.807) is 0 Å². The first kappa shape index (κ1) is 41.0. The van der Waals surface area contributed by atoms with Gasteiger partial charge < -0.3 is 14.2 Å². The van der Waals surface area contributed by atoms with Crippen LogP contribution in [0.2, 0.25) is 0 Å². The predicted octanol–water partition coefficient (Wildman–Crippen LogP) is -14.6. The van der Waals surface area contributed by atoms with Crippen LogP contribution >= 0.6 is 0 Å². The van der Waals surface area contributed by atoms with E-state index in [1.165, 1.54) is 4.90 Å². The fourth-order valence-corrected chi connectivity index (χ4v) is 6.15. The van der Waals surface area contributed by atoms with Crippen molar-refractivity contribution in [2.24, 2.45) is 0 Å². The zero-order valence-electron chi connectivity index (χ0n) is 29.2. The van der Waals surface area contributed by atoms with Crippen molar-refractivity contribution >= 4 is 269 Å². The van der Waals surface area contributed by atoms with E-state index in [9.17, 15) is 0 Å². The Bertz CT molecular complexity index is 2090. The molecule has 5 rings (SSSR count). The van der Waals surface area contributed by atoms with Gasteiger partial charge in [-0.15, -0.1) is 43.7 Å². The van der Waals surface area contributed by atoms with Crippen molar-refractivity contribution in [3.8, 4) is 11.1 Å². The number of rotatable bonds is 5. The number of benzene rings is 4. The Balaban J connectivity index is 1.94. The van der Waals surface area contributed by atoms with Crippen molar-refractivity contribution < 1.29 is 9.31 Å². The van der Waals surface area contributed by atoms with Gasteiger partial charge >= 0.3 is 7.12 Å². The highest BCUT2D eigenvalue weighted by atomic mass is 16.7. The molecule has 0 amide bonds. The van der Waals surface area contributed by atoms with E-state index in [1.807, 2.05) is 27.7 Å². The van der Waals surface area contributed by atoms with Crippen molar-refractivity contribution in [2.45, 2.75) is 38.9 Å². The lowest BCUT2D eigenvalue weighted by Crippen LogP contribution is -2.64. The molecular weight excluding hydrogens is 612 g/mol. The molecule has 1 aliphatic heterocycles. The summed E-state index contributed by atoms with van der Waals surface area (Å²) in [4.78, 5) is 1.24. The van der Waals surface area contributed by atoms with E-state index in [-0.39, 0.29) is 132 Å². The summed E-state index contributed by atoms with van der Waals surface area (Å²) >= 11 is 0. The topological polar surface area (TPSA) is 21.7 Å². The standard InChI is InChI=1S/C30H12B19NO2/c1-29(2)30(3,4)52-49(51-29)25-17(41)23(47)28(24(48)18(25)42)50(27-21(45)15(39)14(38)16(40)22(27)46)26-19(43)9(33)6(10(34)20(26)44)5-7(31)11(35)13(37)12(36)8(5)32/h1-4H3. The highest BCUT2D eigenvalue weighted by molar-refractivity contribution is 6.78. The van der Waals surface area contributed by atoms with E-state index in [4.69, 9.17) is 151 Å². The molecule has 1 aliphatic rings. The molecule has 1 saturated heterocycles. The summed E-state index contributed by atoms with van der Waals surface area (Å²) in [5.41, 5.74) is -4.36. The minimum atomic E-state index is -1.08. The molecule has 22 heteroatoms. The van der Waals surface area contributed by atoms with Crippen LogP contribution in [0.15, 0.2) is 0 Å². The molecule has 3 nitrogen and oxygen atoms in total. The van der Waals surface area contributed by atoms with Gasteiger partial charge in [-0.3, -0.25) is 0 Å². The Morgan fingerprint density at radius 3 is 0.846 bits per heavy atom. The second kappa shape index (κ2) is 13.8. The fourth-order valence-electron chi connectivity index (χ4n) is 6.15. The van der Waals surface area contributed by atoms with Gasteiger partial charge in [-0.25, -0.2) is 0 Å². The monoisotopic (exact) mass is 627 g/mol. The Kier molecular flexibility index (Phi) is 10.9. The first-order valence-corrected chi connectivity index (χ1v) is 15.5. The van der Waals surface area contributed by atoms with Crippen LogP contribution in [0.4, 0.5) is 17.1 Å². The Morgan fingerprint density at radius 1 is 0.327 bits per heavy atom. The summed E-state index contributed by atoms with van der Waals surface area (Å²) in [6.45, 7) is 7.40. The first-order chi connectivity index (χ1) is 23.8. The Labute approximate surface area is 331 Å².